The molecule has 1 aliphatic heterocycles. The maximum absolute atomic E-state index is 11.1. The van der Waals surface area contributed by atoms with Gasteiger partial charge in [0.15, 0.2) is 0 Å². The van der Waals surface area contributed by atoms with Crippen LogP contribution in [0.4, 0.5) is 0 Å². The number of halogens is 2. The van der Waals surface area contributed by atoms with Gasteiger partial charge in [-0.25, -0.2) is 4.79 Å². The molecule has 0 saturated heterocycles. The molecular formula is C9H6Cl2O2. The molecule has 0 amide bonds. The molecular weight excluding hydrogens is 211 g/mol. The summed E-state index contributed by atoms with van der Waals surface area (Å²) in [5.41, 5.74) is 2.14. The molecule has 0 fully saturated rings. The molecule has 0 saturated carbocycles. The van der Waals surface area contributed by atoms with Crippen LogP contribution in [0.15, 0.2) is 12.1 Å². The first kappa shape index (κ1) is 8.85. The van der Waals surface area contributed by atoms with Gasteiger partial charge in [0.2, 0.25) is 0 Å². The van der Waals surface area contributed by atoms with E-state index in [2.05, 4.69) is 0 Å². The fraction of sp³-hybridized carbons (Fsp3) is 0.222. The van der Waals surface area contributed by atoms with E-state index in [0.29, 0.717) is 16.5 Å². The highest BCUT2D eigenvalue weighted by Gasteiger charge is 2.24. The molecule has 0 bridgehead atoms. The van der Waals surface area contributed by atoms with Crippen molar-refractivity contribution >= 4 is 29.2 Å². The van der Waals surface area contributed by atoms with Gasteiger partial charge in [0, 0.05) is 11.4 Å². The van der Waals surface area contributed by atoms with Crippen LogP contribution in [0.5, 0.6) is 0 Å². The molecule has 1 aromatic rings. The lowest BCUT2D eigenvalue weighted by Gasteiger charge is -2.02. The summed E-state index contributed by atoms with van der Waals surface area (Å²) in [6, 6.07) is 3.45. The number of alkyl halides is 1. The second-order valence-electron chi connectivity index (χ2n) is 2.77. The quantitative estimate of drug-likeness (QED) is 0.534. The van der Waals surface area contributed by atoms with Gasteiger partial charge in [-0.2, -0.15) is 0 Å². The van der Waals surface area contributed by atoms with Crippen molar-refractivity contribution in [1.29, 1.82) is 0 Å². The van der Waals surface area contributed by atoms with Crippen molar-refractivity contribution in [1.82, 2.24) is 0 Å². The number of ether oxygens (including phenoxy) is 1. The van der Waals surface area contributed by atoms with E-state index in [9.17, 15) is 4.79 Å². The Morgan fingerprint density at radius 3 is 2.92 bits per heavy atom. The maximum Gasteiger partial charge on any atom is 0.338 e. The zero-order valence-corrected chi connectivity index (χ0v) is 8.15. The molecule has 68 valence electrons. The van der Waals surface area contributed by atoms with Crippen LogP contribution in [0, 0.1) is 0 Å². The van der Waals surface area contributed by atoms with Crippen LogP contribution in [0.3, 0.4) is 0 Å². The molecule has 0 aromatic heterocycles. The molecule has 1 aromatic carbocycles. The minimum Gasteiger partial charge on any atom is -0.457 e. The summed E-state index contributed by atoms with van der Waals surface area (Å²) in [7, 11) is 0. The average Bonchev–Trinajstić information content (AvgIpc) is 2.50. The first-order valence-corrected chi connectivity index (χ1v) is 4.68. The molecule has 0 aliphatic carbocycles. The van der Waals surface area contributed by atoms with E-state index >= 15 is 0 Å². The van der Waals surface area contributed by atoms with Gasteiger partial charge in [-0.1, -0.05) is 17.7 Å². The second-order valence-corrected chi connectivity index (χ2v) is 3.42. The van der Waals surface area contributed by atoms with Crippen molar-refractivity contribution in [2.75, 3.05) is 0 Å². The summed E-state index contributed by atoms with van der Waals surface area (Å²) >= 11 is 11.7. The summed E-state index contributed by atoms with van der Waals surface area (Å²) in [4.78, 5) is 11.1. The van der Waals surface area contributed by atoms with Crippen LogP contribution < -0.4 is 0 Å². The van der Waals surface area contributed by atoms with E-state index in [-0.39, 0.29) is 12.6 Å². The SMILES string of the molecule is O=C1OCc2c1ccc(CCl)c2Cl. The highest BCUT2D eigenvalue weighted by Crippen LogP contribution is 2.30. The molecule has 1 aliphatic rings. The molecule has 0 unspecified atom stereocenters. The molecule has 4 heteroatoms. The number of fused-ring (bicyclic) bond motifs is 1. The third-order valence-corrected chi connectivity index (χ3v) is 2.79. The third-order valence-electron chi connectivity index (χ3n) is 2.03. The van der Waals surface area contributed by atoms with E-state index in [4.69, 9.17) is 27.9 Å². The Labute approximate surface area is 85.4 Å². The third kappa shape index (κ3) is 1.30. The topological polar surface area (TPSA) is 26.3 Å². The van der Waals surface area contributed by atoms with Crippen LogP contribution in [0.2, 0.25) is 5.02 Å². The van der Waals surface area contributed by atoms with E-state index in [0.717, 1.165) is 11.1 Å². The van der Waals surface area contributed by atoms with Crippen molar-refractivity contribution < 1.29 is 9.53 Å². The lowest BCUT2D eigenvalue weighted by molar-refractivity contribution is 0.0535. The summed E-state index contributed by atoms with van der Waals surface area (Å²) in [5.74, 6) is 0.0401. The number of esters is 1. The standard InChI is InChI=1S/C9H6Cl2O2/c10-3-5-1-2-6-7(8(5)11)4-13-9(6)12/h1-2H,3-4H2. The number of benzene rings is 1. The minimum atomic E-state index is -0.307. The molecule has 1 heterocycles. The van der Waals surface area contributed by atoms with Crippen LogP contribution in [-0.2, 0) is 17.2 Å². The van der Waals surface area contributed by atoms with Crippen LogP contribution >= 0.6 is 23.2 Å². The average molecular weight is 217 g/mol. The van der Waals surface area contributed by atoms with E-state index in [1.54, 1.807) is 12.1 Å². The van der Waals surface area contributed by atoms with Crippen LogP contribution in [0.1, 0.15) is 21.5 Å². The maximum atomic E-state index is 11.1. The Morgan fingerprint density at radius 2 is 2.23 bits per heavy atom. The van der Waals surface area contributed by atoms with E-state index in [1.807, 2.05) is 0 Å². The first-order valence-electron chi connectivity index (χ1n) is 3.77. The smallest absolute Gasteiger partial charge is 0.338 e. The monoisotopic (exact) mass is 216 g/mol. The summed E-state index contributed by atoms with van der Waals surface area (Å²) in [5, 5.41) is 0.554. The number of cyclic esters (lactones) is 1. The second kappa shape index (κ2) is 3.20. The zero-order chi connectivity index (χ0) is 9.42. The van der Waals surface area contributed by atoms with Gasteiger partial charge in [-0.05, 0) is 11.6 Å². The number of hydrogen-bond acceptors (Lipinski definition) is 2. The van der Waals surface area contributed by atoms with E-state index < -0.39 is 0 Å². The molecule has 2 nitrogen and oxygen atoms in total. The van der Waals surface area contributed by atoms with Crippen molar-refractivity contribution in [3.63, 3.8) is 0 Å². The van der Waals surface area contributed by atoms with Crippen LogP contribution in [-0.4, -0.2) is 5.97 Å². The number of rotatable bonds is 1. The van der Waals surface area contributed by atoms with Gasteiger partial charge in [-0.3, -0.25) is 0 Å². The van der Waals surface area contributed by atoms with Crippen molar-refractivity contribution in [3.05, 3.63) is 33.8 Å². The molecule has 2 rings (SSSR count). The van der Waals surface area contributed by atoms with Crippen molar-refractivity contribution in [2.24, 2.45) is 0 Å². The fourth-order valence-electron chi connectivity index (χ4n) is 1.32. The molecule has 0 radical (unpaired) electrons. The normalized spacial score (nSPS) is 14.2. The highest BCUT2D eigenvalue weighted by atomic mass is 35.5. The Morgan fingerprint density at radius 1 is 1.46 bits per heavy atom. The van der Waals surface area contributed by atoms with E-state index in [1.165, 1.54) is 0 Å². The number of hydrogen-bond donors (Lipinski definition) is 0. The van der Waals surface area contributed by atoms with Crippen molar-refractivity contribution in [2.45, 2.75) is 12.5 Å². The Balaban J connectivity index is 2.60. The first-order chi connectivity index (χ1) is 6.24. The van der Waals surface area contributed by atoms with Gasteiger partial charge in [-0.15, -0.1) is 11.6 Å². The van der Waals surface area contributed by atoms with Gasteiger partial charge < -0.3 is 4.74 Å². The predicted octanol–water partition coefficient (Wildman–Crippen LogP) is 2.75. The zero-order valence-electron chi connectivity index (χ0n) is 6.64. The summed E-state index contributed by atoms with van der Waals surface area (Å²) < 4.78 is 4.84. The molecule has 13 heavy (non-hydrogen) atoms. The summed E-state index contributed by atoms with van der Waals surface area (Å²) in [6.45, 7) is 0.262. The molecule has 0 atom stereocenters. The Hall–Kier alpha value is -0.730. The predicted molar refractivity (Wildman–Crippen MR) is 50.1 cm³/mol. The number of carbonyl (C=O) groups excluding carboxylic acids is 1. The Kier molecular flexibility index (Phi) is 2.18. The summed E-state index contributed by atoms with van der Waals surface area (Å²) in [6.07, 6.45) is 0. The highest BCUT2D eigenvalue weighted by molar-refractivity contribution is 6.33. The van der Waals surface area contributed by atoms with Gasteiger partial charge >= 0.3 is 5.97 Å². The van der Waals surface area contributed by atoms with Gasteiger partial charge in [0.05, 0.1) is 10.6 Å². The molecule has 0 N–H and O–H groups in total. The molecule has 0 spiro atoms. The Bertz CT molecular complexity index is 374. The number of carbonyl (C=O) groups is 1. The van der Waals surface area contributed by atoms with Gasteiger partial charge in [0.25, 0.3) is 0 Å². The van der Waals surface area contributed by atoms with Crippen LogP contribution in [0.25, 0.3) is 0 Å². The minimum absolute atomic E-state index is 0.262. The largest absolute Gasteiger partial charge is 0.457 e. The lowest BCUT2D eigenvalue weighted by Crippen LogP contribution is -1.94. The van der Waals surface area contributed by atoms with Gasteiger partial charge in [0.1, 0.15) is 6.61 Å². The lowest BCUT2D eigenvalue weighted by atomic mass is 10.1. The fourth-order valence-corrected chi connectivity index (χ4v) is 1.90. The van der Waals surface area contributed by atoms with Crippen molar-refractivity contribution in [3.8, 4) is 0 Å².